The number of carboxylic acids is 1. The summed E-state index contributed by atoms with van der Waals surface area (Å²) in [5.41, 5.74) is 0.365. The van der Waals surface area contributed by atoms with Crippen LogP contribution in [0.4, 0.5) is 0 Å². The normalized spacial score (nSPS) is 17.6. The van der Waals surface area contributed by atoms with E-state index < -0.39 is 17.8 Å². The number of imide groups is 1. The van der Waals surface area contributed by atoms with Gasteiger partial charge in [-0.1, -0.05) is 13.8 Å². The van der Waals surface area contributed by atoms with Crippen molar-refractivity contribution in [2.24, 2.45) is 11.8 Å². The molecule has 0 radical (unpaired) electrons. The largest absolute Gasteiger partial charge is 0.481 e. The lowest BCUT2D eigenvalue weighted by Crippen LogP contribution is -2.38. The van der Waals surface area contributed by atoms with Crippen molar-refractivity contribution in [1.82, 2.24) is 4.90 Å². The second-order valence-electron chi connectivity index (χ2n) is 4.75. The minimum absolute atomic E-state index is 0.0426. The Bertz CT molecular complexity index is 384. The van der Waals surface area contributed by atoms with E-state index >= 15 is 0 Å². The second-order valence-corrected chi connectivity index (χ2v) is 4.75. The molecule has 17 heavy (non-hydrogen) atoms. The molecule has 0 aromatic heterocycles. The minimum Gasteiger partial charge on any atom is -0.481 e. The zero-order chi connectivity index (χ0) is 13.2. The van der Waals surface area contributed by atoms with Crippen LogP contribution in [0.5, 0.6) is 0 Å². The van der Waals surface area contributed by atoms with Crippen LogP contribution in [0.25, 0.3) is 0 Å². The molecule has 0 aromatic rings. The van der Waals surface area contributed by atoms with Gasteiger partial charge in [0.15, 0.2) is 0 Å². The number of hydrogen-bond donors (Lipinski definition) is 1. The Morgan fingerprint density at radius 2 is 2.00 bits per heavy atom. The standard InChI is InChI=1S/C12H17NO4/c1-7(2)4-9(12(16)17)6-13-10(14)5-8(3)11(13)15/h5,7,9H,4,6H2,1-3H3,(H,16,17). The quantitative estimate of drug-likeness (QED) is 0.727. The van der Waals surface area contributed by atoms with Crippen LogP contribution in [0.1, 0.15) is 27.2 Å². The van der Waals surface area contributed by atoms with Crippen LogP contribution < -0.4 is 0 Å². The van der Waals surface area contributed by atoms with Gasteiger partial charge in [-0.05, 0) is 19.3 Å². The van der Waals surface area contributed by atoms with Crippen LogP contribution in [0.2, 0.25) is 0 Å². The van der Waals surface area contributed by atoms with Gasteiger partial charge in [0, 0.05) is 18.2 Å². The van der Waals surface area contributed by atoms with Crippen molar-refractivity contribution in [1.29, 1.82) is 0 Å². The number of carbonyl (C=O) groups excluding carboxylic acids is 2. The fourth-order valence-electron chi connectivity index (χ4n) is 1.85. The third-order valence-corrected chi connectivity index (χ3v) is 2.70. The van der Waals surface area contributed by atoms with Crippen LogP contribution in [-0.2, 0) is 14.4 Å². The second kappa shape index (κ2) is 5.12. The minimum atomic E-state index is -0.969. The molecule has 5 nitrogen and oxygen atoms in total. The number of rotatable bonds is 5. The predicted octanol–water partition coefficient (Wildman–Crippen LogP) is 1.05. The maximum atomic E-state index is 11.6. The van der Waals surface area contributed by atoms with Crippen molar-refractivity contribution in [3.8, 4) is 0 Å². The van der Waals surface area contributed by atoms with Gasteiger partial charge >= 0.3 is 5.97 Å². The molecule has 0 aromatic carbocycles. The van der Waals surface area contributed by atoms with Gasteiger partial charge in [-0.2, -0.15) is 0 Å². The monoisotopic (exact) mass is 239 g/mol. The first-order valence-corrected chi connectivity index (χ1v) is 5.59. The van der Waals surface area contributed by atoms with E-state index in [-0.39, 0.29) is 18.4 Å². The Morgan fingerprint density at radius 3 is 2.35 bits per heavy atom. The van der Waals surface area contributed by atoms with Gasteiger partial charge in [-0.25, -0.2) is 0 Å². The van der Waals surface area contributed by atoms with Gasteiger partial charge < -0.3 is 5.11 Å². The summed E-state index contributed by atoms with van der Waals surface area (Å²) in [6.07, 6.45) is 1.70. The first-order chi connectivity index (χ1) is 7.82. The van der Waals surface area contributed by atoms with Crippen LogP contribution >= 0.6 is 0 Å². The van der Waals surface area contributed by atoms with E-state index in [0.29, 0.717) is 12.0 Å². The van der Waals surface area contributed by atoms with Gasteiger partial charge in [0.1, 0.15) is 0 Å². The molecule has 0 spiro atoms. The highest BCUT2D eigenvalue weighted by Crippen LogP contribution is 2.18. The van der Waals surface area contributed by atoms with Crippen molar-refractivity contribution in [2.45, 2.75) is 27.2 Å². The molecule has 0 aliphatic carbocycles. The van der Waals surface area contributed by atoms with Crippen LogP contribution in [0.15, 0.2) is 11.6 Å². The molecular weight excluding hydrogens is 222 g/mol. The third kappa shape index (κ3) is 3.15. The van der Waals surface area contributed by atoms with Crippen molar-refractivity contribution < 1.29 is 19.5 Å². The molecule has 0 bridgehead atoms. The van der Waals surface area contributed by atoms with Crippen LogP contribution in [-0.4, -0.2) is 34.3 Å². The summed E-state index contributed by atoms with van der Waals surface area (Å²) in [4.78, 5) is 35.1. The van der Waals surface area contributed by atoms with Gasteiger partial charge in [0.2, 0.25) is 0 Å². The Morgan fingerprint density at radius 1 is 1.41 bits per heavy atom. The molecule has 1 aliphatic heterocycles. The average molecular weight is 239 g/mol. The lowest BCUT2D eigenvalue weighted by molar-refractivity contribution is -0.145. The SMILES string of the molecule is CC1=CC(=O)N(CC(CC(C)C)C(=O)O)C1=O. The fourth-order valence-corrected chi connectivity index (χ4v) is 1.85. The van der Waals surface area contributed by atoms with Crippen LogP contribution in [0, 0.1) is 11.8 Å². The van der Waals surface area contributed by atoms with Crippen molar-refractivity contribution >= 4 is 17.8 Å². The molecule has 2 amide bonds. The van der Waals surface area contributed by atoms with E-state index in [4.69, 9.17) is 5.11 Å². The molecule has 1 unspecified atom stereocenters. The number of aliphatic carboxylic acids is 1. The molecular formula is C12H17NO4. The molecule has 0 fully saturated rings. The Hall–Kier alpha value is -1.65. The van der Waals surface area contributed by atoms with Crippen molar-refractivity contribution in [3.63, 3.8) is 0 Å². The van der Waals surface area contributed by atoms with E-state index in [9.17, 15) is 14.4 Å². The predicted molar refractivity (Wildman–Crippen MR) is 61.1 cm³/mol. The summed E-state index contributed by atoms with van der Waals surface area (Å²) < 4.78 is 0. The number of amides is 2. The summed E-state index contributed by atoms with van der Waals surface area (Å²) in [6, 6.07) is 0. The molecule has 1 N–H and O–H groups in total. The number of carboxylic acid groups (broad SMARTS) is 1. The highest BCUT2D eigenvalue weighted by molar-refractivity contribution is 6.16. The van der Waals surface area contributed by atoms with Gasteiger partial charge in [0.05, 0.1) is 5.92 Å². The first kappa shape index (κ1) is 13.4. The molecule has 0 saturated carbocycles. The molecule has 0 saturated heterocycles. The number of carbonyl (C=O) groups is 3. The van der Waals surface area contributed by atoms with E-state index in [1.54, 1.807) is 6.92 Å². The Labute approximate surface area is 100 Å². The Kier molecular flexibility index (Phi) is 4.04. The van der Waals surface area contributed by atoms with E-state index in [0.717, 1.165) is 4.90 Å². The van der Waals surface area contributed by atoms with Gasteiger partial charge in [0.25, 0.3) is 11.8 Å². The number of hydrogen-bond acceptors (Lipinski definition) is 3. The number of nitrogens with zero attached hydrogens (tertiary/aromatic N) is 1. The van der Waals surface area contributed by atoms with Crippen LogP contribution in [0.3, 0.4) is 0 Å². The Balaban J connectivity index is 2.72. The highest BCUT2D eigenvalue weighted by Gasteiger charge is 2.32. The fraction of sp³-hybridized carbons (Fsp3) is 0.583. The third-order valence-electron chi connectivity index (χ3n) is 2.70. The molecule has 1 heterocycles. The van der Waals surface area contributed by atoms with Gasteiger partial charge in [-0.15, -0.1) is 0 Å². The topological polar surface area (TPSA) is 74.7 Å². The molecule has 1 rings (SSSR count). The van der Waals surface area contributed by atoms with E-state index in [1.165, 1.54) is 6.08 Å². The van der Waals surface area contributed by atoms with Crippen molar-refractivity contribution in [3.05, 3.63) is 11.6 Å². The lowest BCUT2D eigenvalue weighted by atomic mass is 9.96. The summed E-state index contributed by atoms with van der Waals surface area (Å²) >= 11 is 0. The smallest absolute Gasteiger partial charge is 0.308 e. The molecule has 5 heteroatoms. The van der Waals surface area contributed by atoms with Gasteiger partial charge in [-0.3, -0.25) is 19.3 Å². The summed E-state index contributed by atoms with van der Waals surface area (Å²) in [5.74, 6) is -2.25. The molecule has 1 aliphatic rings. The van der Waals surface area contributed by atoms with Crippen molar-refractivity contribution in [2.75, 3.05) is 6.54 Å². The first-order valence-electron chi connectivity index (χ1n) is 5.59. The zero-order valence-electron chi connectivity index (χ0n) is 10.3. The zero-order valence-corrected chi connectivity index (χ0v) is 10.3. The molecule has 1 atom stereocenters. The summed E-state index contributed by atoms with van der Waals surface area (Å²) in [5, 5.41) is 9.05. The van der Waals surface area contributed by atoms with E-state index in [1.807, 2.05) is 13.8 Å². The molecule has 94 valence electrons. The highest BCUT2D eigenvalue weighted by atomic mass is 16.4. The summed E-state index contributed by atoms with van der Waals surface area (Å²) in [6.45, 7) is 5.33. The maximum absolute atomic E-state index is 11.6. The average Bonchev–Trinajstić information content (AvgIpc) is 2.43. The lowest BCUT2D eigenvalue weighted by Gasteiger charge is -2.21. The summed E-state index contributed by atoms with van der Waals surface area (Å²) in [7, 11) is 0. The maximum Gasteiger partial charge on any atom is 0.308 e. The van der Waals surface area contributed by atoms with E-state index in [2.05, 4.69) is 0 Å².